The zero-order chi connectivity index (χ0) is 14.4. The summed E-state index contributed by atoms with van der Waals surface area (Å²) < 4.78 is 0. The summed E-state index contributed by atoms with van der Waals surface area (Å²) in [6.07, 6.45) is -0.0321. The van der Waals surface area contributed by atoms with Crippen LogP contribution in [0.15, 0.2) is 18.2 Å². The number of carboxylic acid groups (broad SMARTS) is 1. The van der Waals surface area contributed by atoms with Gasteiger partial charge in [0.1, 0.15) is 6.04 Å². The van der Waals surface area contributed by atoms with Gasteiger partial charge in [0.2, 0.25) is 0 Å². The number of hydrogen-bond acceptors (Lipinski definition) is 3. The number of aryl methyl sites for hydroxylation is 2. The highest BCUT2D eigenvalue weighted by molar-refractivity contribution is 5.92. The number of carboxylic acids is 1. The summed E-state index contributed by atoms with van der Waals surface area (Å²) in [5, 5.41) is 22.4. The molecule has 1 rings (SSSR count). The van der Waals surface area contributed by atoms with Crippen molar-refractivity contribution in [2.45, 2.75) is 26.3 Å². The number of nitrogens with one attached hydrogen (secondary N) is 2. The molecule has 1 aromatic rings. The first-order valence-corrected chi connectivity index (χ1v) is 5.92. The highest BCUT2D eigenvalue weighted by atomic mass is 16.4. The lowest BCUT2D eigenvalue weighted by Crippen LogP contribution is -2.43. The molecule has 0 aliphatic rings. The fourth-order valence-corrected chi connectivity index (χ4v) is 1.53. The van der Waals surface area contributed by atoms with Crippen LogP contribution in [0.1, 0.15) is 17.5 Å². The fourth-order valence-electron chi connectivity index (χ4n) is 1.53. The molecule has 104 valence electrons. The van der Waals surface area contributed by atoms with Crippen LogP contribution >= 0.6 is 0 Å². The molecule has 0 bridgehead atoms. The van der Waals surface area contributed by atoms with Gasteiger partial charge >= 0.3 is 12.0 Å². The largest absolute Gasteiger partial charge is 0.480 e. The summed E-state index contributed by atoms with van der Waals surface area (Å²) in [5.41, 5.74) is 2.73. The third-order valence-electron chi connectivity index (χ3n) is 2.79. The van der Waals surface area contributed by atoms with Crippen LogP contribution < -0.4 is 10.6 Å². The maximum atomic E-state index is 11.6. The lowest BCUT2D eigenvalue weighted by Gasteiger charge is -2.14. The number of aliphatic carboxylic acids is 1. The Labute approximate surface area is 111 Å². The van der Waals surface area contributed by atoms with Crippen molar-refractivity contribution in [2.24, 2.45) is 0 Å². The minimum absolute atomic E-state index is 0.0321. The summed E-state index contributed by atoms with van der Waals surface area (Å²) in [7, 11) is 0. The van der Waals surface area contributed by atoms with E-state index in [-0.39, 0.29) is 13.0 Å². The van der Waals surface area contributed by atoms with E-state index in [1.165, 1.54) is 0 Å². The maximum absolute atomic E-state index is 11.6. The molecule has 0 fully saturated rings. The van der Waals surface area contributed by atoms with Gasteiger partial charge in [-0.15, -0.1) is 0 Å². The topological polar surface area (TPSA) is 98.7 Å². The third-order valence-corrected chi connectivity index (χ3v) is 2.79. The minimum Gasteiger partial charge on any atom is -0.480 e. The van der Waals surface area contributed by atoms with Crippen LogP contribution in [0.2, 0.25) is 0 Å². The number of carbonyl (C=O) groups is 2. The van der Waals surface area contributed by atoms with Crippen LogP contribution in [-0.2, 0) is 4.79 Å². The second-order valence-electron chi connectivity index (χ2n) is 4.30. The lowest BCUT2D eigenvalue weighted by molar-refractivity contribution is -0.139. The predicted molar refractivity (Wildman–Crippen MR) is 71.2 cm³/mol. The van der Waals surface area contributed by atoms with E-state index in [2.05, 4.69) is 10.6 Å². The third kappa shape index (κ3) is 4.59. The number of rotatable bonds is 5. The van der Waals surface area contributed by atoms with Gasteiger partial charge in [0, 0.05) is 18.7 Å². The first-order chi connectivity index (χ1) is 8.93. The smallest absolute Gasteiger partial charge is 0.326 e. The molecule has 2 amide bonds. The van der Waals surface area contributed by atoms with Gasteiger partial charge in [0.05, 0.1) is 0 Å². The molecule has 6 nitrogen and oxygen atoms in total. The van der Waals surface area contributed by atoms with Crippen molar-refractivity contribution in [3.63, 3.8) is 0 Å². The SMILES string of the molecule is Cc1ccc(NC(=O)N[C@H](CCO)C(=O)O)cc1C. The normalized spacial score (nSPS) is 11.7. The van der Waals surface area contributed by atoms with E-state index in [4.69, 9.17) is 10.2 Å². The molecule has 4 N–H and O–H groups in total. The summed E-state index contributed by atoms with van der Waals surface area (Å²) >= 11 is 0. The molecule has 0 unspecified atom stereocenters. The average Bonchev–Trinajstić information content (AvgIpc) is 2.33. The van der Waals surface area contributed by atoms with Gasteiger partial charge in [0.15, 0.2) is 0 Å². The first kappa shape index (κ1) is 15.0. The van der Waals surface area contributed by atoms with Crippen LogP contribution in [0.5, 0.6) is 0 Å². The second-order valence-corrected chi connectivity index (χ2v) is 4.30. The molecular weight excluding hydrogens is 248 g/mol. The molecule has 0 aromatic heterocycles. The van der Waals surface area contributed by atoms with E-state index < -0.39 is 18.0 Å². The molecule has 19 heavy (non-hydrogen) atoms. The molecule has 1 aromatic carbocycles. The second kappa shape index (κ2) is 6.75. The van der Waals surface area contributed by atoms with E-state index in [9.17, 15) is 9.59 Å². The molecule has 0 saturated heterocycles. The number of aliphatic hydroxyl groups excluding tert-OH is 1. The van der Waals surface area contributed by atoms with Crippen molar-refractivity contribution in [1.82, 2.24) is 5.32 Å². The number of urea groups is 1. The van der Waals surface area contributed by atoms with Crippen molar-refractivity contribution < 1.29 is 19.8 Å². The monoisotopic (exact) mass is 266 g/mol. The van der Waals surface area contributed by atoms with Gasteiger partial charge in [-0.3, -0.25) is 0 Å². The quantitative estimate of drug-likeness (QED) is 0.644. The highest BCUT2D eigenvalue weighted by Crippen LogP contribution is 2.13. The Hall–Kier alpha value is -2.08. The van der Waals surface area contributed by atoms with Crippen LogP contribution in [0, 0.1) is 13.8 Å². The maximum Gasteiger partial charge on any atom is 0.326 e. The van der Waals surface area contributed by atoms with Gasteiger partial charge in [-0.1, -0.05) is 6.07 Å². The molecule has 0 aliphatic carbocycles. The Morgan fingerprint density at radius 3 is 2.47 bits per heavy atom. The summed E-state index contributed by atoms with van der Waals surface area (Å²) in [6, 6.07) is 3.70. The van der Waals surface area contributed by atoms with Gasteiger partial charge < -0.3 is 20.8 Å². The Kier molecular flexibility index (Phi) is 5.32. The zero-order valence-electron chi connectivity index (χ0n) is 10.9. The standard InChI is InChI=1S/C13H18N2O4/c1-8-3-4-10(7-9(8)2)14-13(19)15-11(5-6-16)12(17)18/h3-4,7,11,16H,5-6H2,1-2H3,(H,17,18)(H2,14,15,19)/t11-/m1/s1. The molecule has 0 spiro atoms. The summed E-state index contributed by atoms with van der Waals surface area (Å²) in [6.45, 7) is 3.58. The van der Waals surface area contributed by atoms with Crippen molar-refractivity contribution >= 4 is 17.7 Å². The van der Waals surface area contributed by atoms with Crippen LogP contribution in [0.4, 0.5) is 10.5 Å². The molecule has 0 radical (unpaired) electrons. The zero-order valence-corrected chi connectivity index (χ0v) is 10.9. The molecule has 6 heteroatoms. The van der Waals surface area contributed by atoms with Crippen LogP contribution in [-0.4, -0.2) is 34.9 Å². The van der Waals surface area contributed by atoms with E-state index in [0.717, 1.165) is 11.1 Å². The number of anilines is 1. The van der Waals surface area contributed by atoms with Crippen LogP contribution in [0.25, 0.3) is 0 Å². The van der Waals surface area contributed by atoms with E-state index in [0.29, 0.717) is 5.69 Å². The Morgan fingerprint density at radius 2 is 1.95 bits per heavy atom. The fraction of sp³-hybridized carbons (Fsp3) is 0.385. The Balaban J connectivity index is 2.63. The molecule has 0 saturated carbocycles. The van der Waals surface area contributed by atoms with Crippen molar-refractivity contribution in [2.75, 3.05) is 11.9 Å². The van der Waals surface area contributed by atoms with Crippen molar-refractivity contribution in [3.8, 4) is 0 Å². The first-order valence-electron chi connectivity index (χ1n) is 5.92. The molecular formula is C13H18N2O4. The molecule has 1 atom stereocenters. The van der Waals surface area contributed by atoms with Gasteiger partial charge in [-0.05, 0) is 37.1 Å². The van der Waals surface area contributed by atoms with E-state index in [1.54, 1.807) is 12.1 Å². The number of aliphatic hydroxyl groups is 1. The van der Waals surface area contributed by atoms with E-state index in [1.807, 2.05) is 19.9 Å². The Morgan fingerprint density at radius 1 is 1.26 bits per heavy atom. The number of hydrogen-bond donors (Lipinski definition) is 4. The van der Waals surface area contributed by atoms with E-state index >= 15 is 0 Å². The van der Waals surface area contributed by atoms with Crippen LogP contribution in [0.3, 0.4) is 0 Å². The predicted octanol–water partition coefficient (Wildman–Crippen LogP) is 1.26. The van der Waals surface area contributed by atoms with Crippen molar-refractivity contribution in [3.05, 3.63) is 29.3 Å². The summed E-state index contributed by atoms with van der Waals surface area (Å²) in [5.74, 6) is -1.18. The lowest BCUT2D eigenvalue weighted by atomic mass is 10.1. The van der Waals surface area contributed by atoms with Gasteiger partial charge in [-0.25, -0.2) is 9.59 Å². The summed E-state index contributed by atoms with van der Waals surface area (Å²) in [4.78, 5) is 22.5. The van der Waals surface area contributed by atoms with Gasteiger partial charge in [0.25, 0.3) is 0 Å². The highest BCUT2D eigenvalue weighted by Gasteiger charge is 2.19. The number of carbonyl (C=O) groups excluding carboxylic acids is 1. The number of benzene rings is 1. The molecule has 0 heterocycles. The van der Waals surface area contributed by atoms with Gasteiger partial charge in [-0.2, -0.15) is 0 Å². The minimum atomic E-state index is -1.18. The average molecular weight is 266 g/mol. The Bertz CT molecular complexity index is 474. The molecule has 0 aliphatic heterocycles. The van der Waals surface area contributed by atoms with Crippen molar-refractivity contribution in [1.29, 1.82) is 0 Å². The number of amides is 2.